The van der Waals surface area contributed by atoms with Crippen molar-refractivity contribution in [3.05, 3.63) is 56.7 Å². The molecule has 3 heterocycles. The molecule has 3 aromatic rings. The van der Waals surface area contributed by atoms with Gasteiger partial charge in [0.1, 0.15) is 0 Å². The predicted octanol–water partition coefficient (Wildman–Crippen LogP) is 1.87. The number of aryl methyl sites for hydroxylation is 1. The monoisotopic (exact) mass is 366 g/mol. The Morgan fingerprint density at radius 2 is 1.85 bits per heavy atom. The molecule has 1 atom stereocenters. The number of hydrogen-bond donors (Lipinski definition) is 0. The number of rotatable bonds is 3. The molecule has 2 aromatic heterocycles. The lowest BCUT2D eigenvalue weighted by Gasteiger charge is -2.29. The van der Waals surface area contributed by atoms with Gasteiger partial charge in [0.2, 0.25) is 5.95 Å². The van der Waals surface area contributed by atoms with Crippen LogP contribution in [0.3, 0.4) is 0 Å². The topological polar surface area (TPSA) is 77.4 Å². The van der Waals surface area contributed by atoms with E-state index in [9.17, 15) is 9.59 Å². The highest BCUT2D eigenvalue weighted by Crippen LogP contribution is 2.30. The van der Waals surface area contributed by atoms with Crippen LogP contribution in [-0.4, -0.2) is 24.4 Å². The Morgan fingerprint density at radius 3 is 2.52 bits per heavy atom. The fourth-order valence-corrected chi connectivity index (χ4v) is 3.52. The van der Waals surface area contributed by atoms with Crippen LogP contribution in [0.4, 0.5) is 5.95 Å². The van der Waals surface area contributed by atoms with Gasteiger partial charge in [-0.1, -0.05) is 30.3 Å². The van der Waals surface area contributed by atoms with Crippen molar-refractivity contribution in [3.63, 3.8) is 0 Å². The maximum Gasteiger partial charge on any atom is 0.332 e. The van der Waals surface area contributed by atoms with Crippen molar-refractivity contribution < 1.29 is 0 Å². The summed E-state index contributed by atoms with van der Waals surface area (Å²) < 4.78 is 4.58. The zero-order valence-electron chi connectivity index (χ0n) is 15.9. The molecule has 0 aliphatic carbocycles. The Labute approximate surface area is 156 Å². The molecule has 140 valence electrons. The molecule has 0 saturated carbocycles. The highest BCUT2D eigenvalue weighted by molar-refractivity contribution is 5.91. The van der Waals surface area contributed by atoms with Gasteiger partial charge < -0.3 is 0 Å². The number of anilines is 1. The van der Waals surface area contributed by atoms with Crippen LogP contribution in [0.15, 0.2) is 45.0 Å². The van der Waals surface area contributed by atoms with E-state index in [-0.39, 0.29) is 17.3 Å². The van der Waals surface area contributed by atoms with Gasteiger partial charge in [-0.25, -0.2) is 9.80 Å². The van der Waals surface area contributed by atoms with Crippen LogP contribution in [0.25, 0.3) is 11.2 Å². The summed E-state index contributed by atoms with van der Waals surface area (Å²) in [4.78, 5) is 30.2. The molecule has 0 radical (unpaired) electrons. The Kier molecular flexibility index (Phi) is 3.98. The van der Waals surface area contributed by atoms with E-state index in [1.807, 2.05) is 48.7 Å². The van der Waals surface area contributed by atoms with Gasteiger partial charge in [-0.05, 0) is 26.3 Å². The summed E-state index contributed by atoms with van der Waals surface area (Å²) in [5.41, 5.74) is 2.13. The molecule has 8 heteroatoms. The number of hydrogen-bond acceptors (Lipinski definition) is 5. The first-order valence-electron chi connectivity index (χ1n) is 9.02. The Bertz CT molecular complexity index is 1170. The molecule has 0 saturated heterocycles. The Hall–Kier alpha value is -3.16. The van der Waals surface area contributed by atoms with Gasteiger partial charge in [-0.2, -0.15) is 10.1 Å². The Balaban J connectivity index is 1.99. The largest absolute Gasteiger partial charge is 0.332 e. The molecule has 0 spiro atoms. The molecular weight excluding hydrogens is 344 g/mol. The molecule has 0 unspecified atom stereocenters. The number of benzene rings is 1. The Morgan fingerprint density at radius 1 is 1.15 bits per heavy atom. The van der Waals surface area contributed by atoms with Gasteiger partial charge in [-0.15, -0.1) is 0 Å². The number of hydrazone groups is 1. The molecule has 1 aliphatic heterocycles. The van der Waals surface area contributed by atoms with E-state index in [1.54, 1.807) is 19.0 Å². The van der Waals surface area contributed by atoms with Crippen molar-refractivity contribution in [1.82, 2.24) is 18.7 Å². The van der Waals surface area contributed by atoms with Gasteiger partial charge in [0.05, 0.1) is 18.3 Å². The second-order valence-corrected chi connectivity index (χ2v) is 6.81. The van der Waals surface area contributed by atoms with E-state index < -0.39 is 0 Å². The third kappa shape index (κ3) is 2.51. The van der Waals surface area contributed by atoms with Crippen molar-refractivity contribution in [1.29, 1.82) is 0 Å². The van der Waals surface area contributed by atoms with Crippen molar-refractivity contribution in [3.8, 4) is 0 Å². The van der Waals surface area contributed by atoms with Crippen LogP contribution in [-0.2, 0) is 20.1 Å². The molecular formula is C19H22N6O2. The lowest BCUT2D eigenvalue weighted by atomic mass is 10.2. The average molecular weight is 366 g/mol. The maximum atomic E-state index is 13.0. The van der Waals surface area contributed by atoms with E-state index in [0.717, 1.165) is 11.3 Å². The van der Waals surface area contributed by atoms with E-state index in [1.165, 1.54) is 9.13 Å². The van der Waals surface area contributed by atoms with E-state index in [0.29, 0.717) is 30.2 Å². The van der Waals surface area contributed by atoms with Crippen molar-refractivity contribution in [2.75, 3.05) is 5.01 Å². The molecule has 0 amide bonds. The summed E-state index contributed by atoms with van der Waals surface area (Å²) in [6.45, 7) is 6.57. The highest BCUT2D eigenvalue weighted by Gasteiger charge is 2.30. The van der Waals surface area contributed by atoms with Gasteiger partial charge in [-0.3, -0.25) is 18.5 Å². The first kappa shape index (κ1) is 17.3. The quantitative estimate of drug-likeness (QED) is 0.709. The number of fused-ring (bicyclic) bond motifs is 3. The van der Waals surface area contributed by atoms with Crippen molar-refractivity contribution in [2.24, 2.45) is 12.1 Å². The predicted molar refractivity (Wildman–Crippen MR) is 105 cm³/mol. The first-order valence-corrected chi connectivity index (χ1v) is 9.02. The van der Waals surface area contributed by atoms with Crippen LogP contribution in [0.5, 0.6) is 0 Å². The first-order chi connectivity index (χ1) is 12.9. The van der Waals surface area contributed by atoms with Gasteiger partial charge >= 0.3 is 5.69 Å². The SMILES string of the molecule is CCn1c(=O)c2c(nc3n2[C@@H](C)C(C)=NN3Cc2ccccc2)n(C)c1=O. The van der Waals surface area contributed by atoms with Gasteiger partial charge in [0.25, 0.3) is 5.56 Å². The average Bonchev–Trinajstić information content (AvgIpc) is 3.07. The normalized spacial score (nSPS) is 16.5. The fraction of sp³-hybridized carbons (Fsp3) is 0.368. The minimum atomic E-state index is -0.356. The molecule has 1 aromatic carbocycles. The number of nitrogens with zero attached hydrogens (tertiary/aromatic N) is 6. The maximum absolute atomic E-state index is 13.0. The molecule has 1 aliphatic rings. The van der Waals surface area contributed by atoms with Crippen molar-refractivity contribution in [2.45, 2.75) is 39.9 Å². The summed E-state index contributed by atoms with van der Waals surface area (Å²) in [5, 5.41) is 6.49. The van der Waals surface area contributed by atoms with Gasteiger partial charge in [0.15, 0.2) is 11.2 Å². The lowest BCUT2D eigenvalue weighted by Crippen LogP contribution is -2.40. The zero-order valence-corrected chi connectivity index (χ0v) is 15.9. The van der Waals surface area contributed by atoms with Crippen LogP contribution in [0.2, 0.25) is 0 Å². The summed E-state index contributed by atoms with van der Waals surface area (Å²) in [6, 6.07) is 9.85. The second kappa shape index (κ2) is 6.22. The molecule has 0 fully saturated rings. The summed E-state index contributed by atoms with van der Waals surface area (Å²) >= 11 is 0. The minimum Gasteiger partial charge on any atom is -0.294 e. The minimum absolute atomic E-state index is 0.118. The molecule has 27 heavy (non-hydrogen) atoms. The van der Waals surface area contributed by atoms with Crippen LogP contribution < -0.4 is 16.3 Å². The second-order valence-electron chi connectivity index (χ2n) is 6.81. The van der Waals surface area contributed by atoms with Gasteiger partial charge in [0, 0.05) is 13.6 Å². The van der Waals surface area contributed by atoms with Crippen LogP contribution >= 0.6 is 0 Å². The van der Waals surface area contributed by atoms with Crippen LogP contribution in [0, 0.1) is 0 Å². The standard InChI is InChI=1S/C19H22N6O2/c1-5-23-17(26)15-16(22(4)19(23)27)20-18-24(11-14-9-7-6-8-10-14)21-12(2)13(3)25(15)18/h6-10,13H,5,11H2,1-4H3/t13-/m0/s1. The molecule has 0 N–H and O–H groups in total. The smallest absolute Gasteiger partial charge is 0.294 e. The molecule has 4 rings (SSSR count). The third-order valence-electron chi connectivity index (χ3n) is 5.15. The number of aromatic nitrogens is 4. The molecule has 0 bridgehead atoms. The molecule has 8 nitrogen and oxygen atoms in total. The van der Waals surface area contributed by atoms with Crippen molar-refractivity contribution >= 4 is 22.8 Å². The summed E-state index contributed by atoms with van der Waals surface area (Å²) in [7, 11) is 1.65. The lowest BCUT2D eigenvalue weighted by molar-refractivity contribution is 0.618. The van der Waals surface area contributed by atoms with E-state index in [4.69, 9.17) is 0 Å². The highest BCUT2D eigenvalue weighted by atomic mass is 16.2. The third-order valence-corrected chi connectivity index (χ3v) is 5.15. The fourth-order valence-electron chi connectivity index (χ4n) is 3.52. The van der Waals surface area contributed by atoms with E-state index in [2.05, 4.69) is 10.1 Å². The zero-order chi connectivity index (χ0) is 19.3. The van der Waals surface area contributed by atoms with Crippen LogP contribution in [0.1, 0.15) is 32.4 Å². The number of imidazole rings is 1. The summed E-state index contributed by atoms with van der Waals surface area (Å²) in [6.07, 6.45) is 0. The van der Waals surface area contributed by atoms with E-state index >= 15 is 0 Å². The summed E-state index contributed by atoms with van der Waals surface area (Å²) in [5.74, 6) is 0.577.